The Labute approximate surface area is 108 Å². The fourth-order valence-corrected chi connectivity index (χ4v) is 3.60. The maximum atomic E-state index is 9.55. The van der Waals surface area contributed by atoms with Crippen LogP contribution in [-0.4, -0.2) is 11.7 Å². The van der Waals surface area contributed by atoms with E-state index in [4.69, 9.17) is 0 Å². The highest BCUT2D eigenvalue weighted by Crippen LogP contribution is 2.68. The molecule has 18 heavy (non-hydrogen) atoms. The summed E-state index contributed by atoms with van der Waals surface area (Å²) in [7, 11) is 0. The maximum absolute atomic E-state index is 9.55. The second-order valence-electron chi connectivity index (χ2n) is 6.22. The van der Waals surface area contributed by atoms with E-state index in [1.165, 1.54) is 16.3 Å². The van der Waals surface area contributed by atoms with Crippen molar-refractivity contribution in [2.24, 2.45) is 11.3 Å². The molecule has 1 saturated carbocycles. The van der Waals surface area contributed by atoms with Gasteiger partial charge in [-0.25, -0.2) is 0 Å². The Balaban J connectivity index is 2.11. The van der Waals surface area contributed by atoms with Gasteiger partial charge in [0.05, 0.1) is 0 Å². The third-order valence-corrected chi connectivity index (χ3v) is 5.35. The molecule has 2 aromatic rings. The summed E-state index contributed by atoms with van der Waals surface area (Å²) < 4.78 is 0. The van der Waals surface area contributed by atoms with Gasteiger partial charge in [0.2, 0.25) is 0 Å². The zero-order valence-corrected chi connectivity index (χ0v) is 11.3. The predicted molar refractivity (Wildman–Crippen MR) is 75.7 cm³/mol. The first kappa shape index (κ1) is 11.7. The van der Waals surface area contributed by atoms with E-state index in [9.17, 15) is 5.11 Å². The molecule has 3 rings (SSSR count). The summed E-state index contributed by atoms with van der Waals surface area (Å²) in [6.45, 7) is 7.06. The van der Waals surface area contributed by atoms with Crippen LogP contribution < -0.4 is 0 Å². The smallest absolute Gasteiger partial charge is 0.0473 e. The van der Waals surface area contributed by atoms with Crippen LogP contribution in [0.2, 0.25) is 0 Å². The lowest BCUT2D eigenvalue weighted by Gasteiger charge is -2.16. The van der Waals surface area contributed by atoms with Gasteiger partial charge >= 0.3 is 0 Å². The van der Waals surface area contributed by atoms with Crippen molar-refractivity contribution in [1.82, 2.24) is 0 Å². The van der Waals surface area contributed by atoms with Crippen LogP contribution in [0.15, 0.2) is 42.5 Å². The van der Waals surface area contributed by atoms with Crippen LogP contribution in [0.1, 0.15) is 26.3 Å². The Hall–Kier alpha value is -1.34. The molecule has 2 aromatic carbocycles. The second kappa shape index (κ2) is 3.58. The van der Waals surface area contributed by atoms with Crippen LogP contribution in [0.4, 0.5) is 0 Å². The van der Waals surface area contributed by atoms with Gasteiger partial charge in [-0.1, -0.05) is 63.2 Å². The van der Waals surface area contributed by atoms with Gasteiger partial charge in [-0.2, -0.15) is 0 Å². The van der Waals surface area contributed by atoms with Gasteiger partial charge in [-0.15, -0.1) is 0 Å². The molecule has 0 saturated heterocycles. The van der Waals surface area contributed by atoms with Crippen molar-refractivity contribution in [2.45, 2.75) is 26.2 Å². The first-order valence-electron chi connectivity index (χ1n) is 6.62. The quantitative estimate of drug-likeness (QED) is 0.847. The van der Waals surface area contributed by atoms with E-state index in [1.807, 2.05) is 0 Å². The molecule has 0 aromatic heterocycles. The van der Waals surface area contributed by atoms with Gasteiger partial charge in [-0.05, 0) is 27.7 Å². The van der Waals surface area contributed by atoms with Crippen molar-refractivity contribution in [3.63, 3.8) is 0 Å². The van der Waals surface area contributed by atoms with Crippen LogP contribution >= 0.6 is 0 Å². The molecule has 2 unspecified atom stereocenters. The van der Waals surface area contributed by atoms with Crippen molar-refractivity contribution >= 4 is 10.8 Å². The topological polar surface area (TPSA) is 20.2 Å². The Morgan fingerprint density at radius 2 is 1.67 bits per heavy atom. The standard InChI is InChI=1S/C17H20O/c1-16(2)15(11-18)17(16,3)14-9-8-12-6-4-5-7-13(12)10-14/h4-10,15,18H,11H2,1-3H3. The van der Waals surface area contributed by atoms with Crippen LogP contribution in [-0.2, 0) is 5.41 Å². The molecule has 1 nitrogen and oxygen atoms in total. The average molecular weight is 240 g/mol. The number of aliphatic hydroxyl groups is 1. The number of benzene rings is 2. The molecule has 94 valence electrons. The Morgan fingerprint density at radius 3 is 2.28 bits per heavy atom. The van der Waals surface area contributed by atoms with E-state index >= 15 is 0 Å². The van der Waals surface area contributed by atoms with Crippen molar-refractivity contribution in [1.29, 1.82) is 0 Å². The number of hydrogen-bond donors (Lipinski definition) is 1. The molecule has 2 atom stereocenters. The minimum absolute atomic E-state index is 0.103. The van der Waals surface area contributed by atoms with Gasteiger partial charge < -0.3 is 5.11 Å². The molecular weight excluding hydrogens is 220 g/mol. The van der Waals surface area contributed by atoms with E-state index in [1.54, 1.807) is 0 Å². The maximum Gasteiger partial charge on any atom is 0.0473 e. The van der Waals surface area contributed by atoms with E-state index in [-0.39, 0.29) is 17.4 Å². The molecule has 1 heteroatoms. The third-order valence-electron chi connectivity index (χ3n) is 5.35. The monoisotopic (exact) mass is 240 g/mol. The predicted octanol–water partition coefficient (Wildman–Crippen LogP) is 3.75. The first-order valence-corrected chi connectivity index (χ1v) is 6.62. The molecule has 0 radical (unpaired) electrons. The summed E-state index contributed by atoms with van der Waals surface area (Å²) in [6.07, 6.45) is 0. The first-order chi connectivity index (χ1) is 8.51. The zero-order valence-electron chi connectivity index (χ0n) is 11.3. The van der Waals surface area contributed by atoms with Crippen molar-refractivity contribution < 1.29 is 5.11 Å². The summed E-state index contributed by atoms with van der Waals surface area (Å²) in [5.74, 6) is 0.367. The van der Waals surface area contributed by atoms with Crippen molar-refractivity contribution in [3.05, 3.63) is 48.0 Å². The number of aliphatic hydroxyl groups excluding tert-OH is 1. The summed E-state index contributed by atoms with van der Waals surface area (Å²) in [5, 5.41) is 12.1. The highest BCUT2D eigenvalue weighted by atomic mass is 16.3. The van der Waals surface area contributed by atoms with Crippen LogP contribution in [0.3, 0.4) is 0 Å². The fourth-order valence-electron chi connectivity index (χ4n) is 3.60. The molecule has 1 N–H and O–H groups in total. The average Bonchev–Trinajstić information content (AvgIpc) is 2.83. The molecule has 1 fully saturated rings. The van der Waals surface area contributed by atoms with E-state index in [0.717, 1.165) is 0 Å². The van der Waals surface area contributed by atoms with Crippen molar-refractivity contribution in [2.75, 3.05) is 6.61 Å². The largest absolute Gasteiger partial charge is 0.396 e. The van der Waals surface area contributed by atoms with Gasteiger partial charge in [0.15, 0.2) is 0 Å². The summed E-state index contributed by atoms with van der Waals surface area (Å²) in [5.41, 5.74) is 1.64. The SMILES string of the molecule is CC1(C)C(CO)C1(C)c1ccc2ccccc2c1. The number of fused-ring (bicyclic) bond motifs is 1. The molecule has 0 bridgehead atoms. The molecular formula is C17H20O. The Kier molecular flexibility index (Phi) is 2.33. The van der Waals surface area contributed by atoms with Gasteiger partial charge in [0.25, 0.3) is 0 Å². The lowest BCUT2D eigenvalue weighted by Crippen LogP contribution is -2.10. The minimum Gasteiger partial charge on any atom is -0.396 e. The lowest BCUT2D eigenvalue weighted by atomic mass is 9.88. The summed E-state index contributed by atoms with van der Waals surface area (Å²) in [6, 6.07) is 15.1. The highest BCUT2D eigenvalue weighted by molar-refractivity contribution is 5.83. The van der Waals surface area contributed by atoms with Crippen LogP contribution in [0.25, 0.3) is 10.8 Å². The number of rotatable bonds is 2. The Morgan fingerprint density at radius 1 is 1.00 bits per heavy atom. The van der Waals surface area contributed by atoms with E-state index < -0.39 is 0 Å². The lowest BCUT2D eigenvalue weighted by molar-refractivity contribution is 0.254. The normalized spacial score (nSPS) is 29.4. The summed E-state index contributed by atoms with van der Waals surface area (Å²) >= 11 is 0. The minimum atomic E-state index is 0.103. The van der Waals surface area contributed by atoms with Crippen LogP contribution in [0.5, 0.6) is 0 Å². The van der Waals surface area contributed by atoms with Gasteiger partial charge in [-0.3, -0.25) is 0 Å². The third kappa shape index (κ3) is 1.31. The number of hydrogen-bond acceptors (Lipinski definition) is 1. The van der Waals surface area contributed by atoms with E-state index in [0.29, 0.717) is 5.92 Å². The molecule has 0 heterocycles. The highest BCUT2D eigenvalue weighted by Gasteiger charge is 2.67. The Bertz CT molecular complexity index is 599. The molecule has 1 aliphatic carbocycles. The fraction of sp³-hybridized carbons (Fsp3) is 0.412. The van der Waals surface area contributed by atoms with Gasteiger partial charge in [0.1, 0.15) is 0 Å². The van der Waals surface area contributed by atoms with Gasteiger partial charge in [0, 0.05) is 12.0 Å². The second-order valence-corrected chi connectivity index (χ2v) is 6.22. The van der Waals surface area contributed by atoms with Crippen LogP contribution in [0, 0.1) is 11.3 Å². The summed E-state index contributed by atoms with van der Waals surface area (Å²) in [4.78, 5) is 0. The zero-order chi connectivity index (χ0) is 13.0. The van der Waals surface area contributed by atoms with E-state index in [2.05, 4.69) is 63.2 Å². The molecule has 1 aliphatic rings. The molecule has 0 amide bonds. The molecule has 0 aliphatic heterocycles. The molecule has 0 spiro atoms. The van der Waals surface area contributed by atoms with Crippen molar-refractivity contribution in [3.8, 4) is 0 Å².